The molecule has 90 valence electrons. The molecule has 0 saturated heterocycles. The molecule has 0 N–H and O–H groups in total. The predicted molar refractivity (Wildman–Crippen MR) is 67.3 cm³/mol. The highest BCUT2D eigenvalue weighted by molar-refractivity contribution is 5.46. The summed E-state index contributed by atoms with van der Waals surface area (Å²) in [6, 6.07) is 7.24. The molecule has 0 radical (unpaired) electrons. The summed E-state index contributed by atoms with van der Waals surface area (Å²) in [5.74, 6) is 1.26. The molecule has 0 aliphatic carbocycles. The second-order valence-electron chi connectivity index (χ2n) is 3.60. The van der Waals surface area contributed by atoms with Crippen LogP contribution >= 0.6 is 0 Å². The summed E-state index contributed by atoms with van der Waals surface area (Å²) in [4.78, 5) is 0. The summed E-state index contributed by atoms with van der Waals surface area (Å²) < 4.78 is 11.0. The smallest absolute Gasteiger partial charge is 0.162 e. The Kier molecular flexibility index (Phi) is 5.09. The maximum Gasteiger partial charge on any atom is 0.162 e. The van der Waals surface area contributed by atoms with Gasteiger partial charge in [0.25, 0.3) is 0 Å². The number of benzene rings is 1. The Hall–Kier alpha value is -1.95. The Balaban J connectivity index is 2.83. The van der Waals surface area contributed by atoms with E-state index in [-0.39, 0.29) is 0 Å². The van der Waals surface area contributed by atoms with Gasteiger partial charge in [0.05, 0.1) is 18.2 Å². The molecule has 1 aromatic rings. The van der Waals surface area contributed by atoms with Gasteiger partial charge in [-0.1, -0.05) is 13.5 Å². The fourth-order valence-corrected chi connectivity index (χ4v) is 1.25. The lowest BCUT2D eigenvalue weighted by Crippen LogP contribution is -2.02. The van der Waals surface area contributed by atoms with Gasteiger partial charge in [-0.15, -0.1) is 0 Å². The topological polar surface area (TPSA) is 42.2 Å². The van der Waals surface area contributed by atoms with Crippen LogP contribution in [0, 0.1) is 11.3 Å². The lowest BCUT2D eigenvalue weighted by Gasteiger charge is -2.12. The van der Waals surface area contributed by atoms with Crippen LogP contribution in [0.1, 0.15) is 25.8 Å². The van der Waals surface area contributed by atoms with Crippen molar-refractivity contribution in [2.24, 2.45) is 0 Å². The van der Waals surface area contributed by atoms with E-state index < -0.39 is 0 Å². The number of rotatable bonds is 6. The second-order valence-corrected chi connectivity index (χ2v) is 3.60. The van der Waals surface area contributed by atoms with Crippen molar-refractivity contribution in [1.29, 1.82) is 5.26 Å². The average molecular weight is 231 g/mol. The zero-order chi connectivity index (χ0) is 12.7. The first-order valence-corrected chi connectivity index (χ1v) is 5.67. The van der Waals surface area contributed by atoms with Crippen molar-refractivity contribution in [3.8, 4) is 17.6 Å². The molecule has 0 amide bonds. The Labute approximate surface area is 102 Å². The first-order chi connectivity index (χ1) is 8.21. The highest BCUT2D eigenvalue weighted by Gasteiger charge is 2.06. The van der Waals surface area contributed by atoms with Crippen LogP contribution in [0.4, 0.5) is 0 Å². The van der Waals surface area contributed by atoms with Gasteiger partial charge in [-0.2, -0.15) is 5.26 Å². The highest BCUT2D eigenvalue weighted by atomic mass is 16.5. The highest BCUT2D eigenvalue weighted by Crippen LogP contribution is 2.28. The Morgan fingerprint density at radius 3 is 2.65 bits per heavy atom. The van der Waals surface area contributed by atoms with E-state index in [0.717, 1.165) is 12.0 Å². The molecule has 0 atom stereocenters. The van der Waals surface area contributed by atoms with Gasteiger partial charge in [-0.05, 0) is 31.1 Å². The SMILES string of the molecule is C=C(CC)COc1ccc(C#N)cc1OCC. The third-order valence-electron chi connectivity index (χ3n) is 2.30. The van der Waals surface area contributed by atoms with Crippen molar-refractivity contribution in [2.75, 3.05) is 13.2 Å². The molecule has 0 saturated carbocycles. The van der Waals surface area contributed by atoms with Crippen molar-refractivity contribution in [2.45, 2.75) is 20.3 Å². The third-order valence-corrected chi connectivity index (χ3v) is 2.30. The van der Waals surface area contributed by atoms with Crippen molar-refractivity contribution in [3.05, 3.63) is 35.9 Å². The number of nitrogens with zero attached hydrogens (tertiary/aromatic N) is 1. The summed E-state index contributed by atoms with van der Waals surface area (Å²) in [5.41, 5.74) is 1.59. The Morgan fingerprint density at radius 1 is 1.29 bits per heavy atom. The number of hydrogen-bond donors (Lipinski definition) is 0. The molecule has 1 rings (SSSR count). The fourth-order valence-electron chi connectivity index (χ4n) is 1.25. The number of hydrogen-bond acceptors (Lipinski definition) is 3. The third kappa shape index (κ3) is 3.84. The molecular weight excluding hydrogens is 214 g/mol. The van der Waals surface area contributed by atoms with Crippen LogP contribution in [-0.2, 0) is 0 Å². The van der Waals surface area contributed by atoms with Gasteiger partial charge in [0.1, 0.15) is 6.61 Å². The minimum Gasteiger partial charge on any atom is -0.490 e. The van der Waals surface area contributed by atoms with Gasteiger partial charge in [-0.3, -0.25) is 0 Å². The summed E-state index contributed by atoms with van der Waals surface area (Å²) in [6.45, 7) is 8.83. The van der Waals surface area contributed by atoms with Crippen molar-refractivity contribution < 1.29 is 9.47 Å². The molecule has 0 aliphatic heterocycles. The first kappa shape index (κ1) is 13.1. The maximum absolute atomic E-state index is 8.82. The maximum atomic E-state index is 8.82. The van der Waals surface area contributed by atoms with E-state index in [1.807, 2.05) is 13.8 Å². The molecule has 1 aromatic carbocycles. The Morgan fingerprint density at radius 2 is 2.06 bits per heavy atom. The second kappa shape index (κ2) is 6.59. The lowest BCUT2D eigenvalue weighted by molar-refractivity contribution is 0.292. The largest absolute Gasteiger partial charge is 0.490 e. The molecule has 3 heteroatoms. The monoisotopic (exact) mass is 231 g/mol. The van der Waals surface area contributed by atoms with Crippen LogP contribution < -0.4 is 9.47 Å². The van der Waals surface area contributed by atoms with Gasteiger partial charge in [0.15, 0.2) is 11.5 Å². The van der Waals surface area contributed by atoms with Crippen molar-refractivity contribution in [3.63, 3.8) is 0 Å². The van der Waals surface area contributed by atoms with E-state index in [4.69, 9.17) is 14.7 Å². The molecule has 0 fully saturated rings. The molecule has 0 aliphatic rings. The van der Waals surface area contributed by atoms with E-state index in [0.29, 0.717) is 30.3 Å². The minimum absolute atomic E-state index is 0.475. The van der Waals surface area contributed by atoms with Crippen LogP contribution in [0.25, 0.3) is 0 Å². The molecule has 0 heterocycles. The fraction of sp³-hybridized carbons (Fsp3) is 0.357. The molecule has 0 aromatic heterocycles. The summed E-state index contributed by atoms with van der Waals surface area (Å²) in [5, 5.41) is 8.82. The predicted octanol–water partition coefficient (Wildman–Crippen LogP) is 3.30. The zero-order valence-electron chi connectivity index (χ0n) is 10.3. The molecule has 0 unspecified atom stereocenters. The summed E-state index contributed by atoms with van der Waals surface area (Å²) >= 11 is 0. The molecular formula is C14H17NO2. The zero-order valence-corrected chi connectivity index (χ0v) is 10.3. The minimum atomic E-state index is 0.475. The van der Waals surface area contributed by atoms with Gasteiger partial charge in [-0.25, -0.2) is 0 Å². The van der Waals surface area contributed by atoms with Crippen LogP contribution in [0.5, 0.6) is 11.5 Å². The first-order valence-electron chi connectivity index (χ1n) is 5.67. The van der Waals surface area contributed by atoms with Crippen LogP contribution in [0.2, 0.25) is 0 Å². The Bertz CT molecular complexity index is 432. The van der Waals surface area contributed by atoms with Crippen molar-refractivity contribution >= 4 is 0 Å². The molecule has 0 spiro atoms. The average Bonchev–Trinajstić information content (AvgIpc) is 2.37. The molecule has 17 heavy (non-hydrogen) atoms. The standard InChI is InChI=1S/C14H17NO2/c1-4-11(3)10-17-13-7-6-12(9-15)8-14(13)16-5-2/h6-8H,3-5,10H2,1-2H3. The molecule has 3 nitrogen and oxygen atoms in total. The van der Waals surface area contributed by atoms with Crippen LogP contribution in [0.3, 0.4) is 0 Å². The normalized spacial score (nSPS) is 9.47. The van der Waals surface area contributed by atoms with Gasteiger partial charge in [0.2, 0.25) is 0 Å². The van der Waals surface area contributed by atoms with E-state index in [9.17, 15) is 0 Å². The van der Waals surface area contributed by atoms with E-state index in [2.05, 4.69) is 12.6 Å². The summed E-state index contributed by atoms with van der Waals surface area (Å²) in [6.07, 6.45) is 0.889. The van der Waals surface area contributed by atoms with Gasteiger partial charge < -0.3 is 9.47 Å². The van der Waals surface area contributed by atoms with E-state index in [1.165, 1.54) is 0 Å². The molecule has 0 bridgehead atoms. The number of ether oxygens (including phenoxy) is 2. The van der Waals surface area contributed by atoms with Gasteiger partial charge >= 0.3 is 0 Å². The lowest BCUT2D eigenvalue weighted by atomic mass is 10.2. The van der Waals surface area contributed by atoms with E-state index in [1.54, 1.807) is 18.2 Å². The number of nitriles is 1. The van der Waals surface area contributed by atoms with E-state index >= 15 is 0 Å². The quantitative estimate of drug-likeness (QED) is 0.705. The summed E-state index contributed by atoms with van der Waals surface area (Å²) in [7, 11) is 0. The van der Waals surface area contributed by atoms with Crippen molar-refractivity contribution in [1.82, 2.24) is 0 Å². The van der Waals surface area contributed by atoms with Gasteiger partial charge in [0, 0.05) is 6.07 Å². The van der Waals surface area contributed by atoms with Crippen LogP contribution in [-0.4, -0.2) is 13.2 Å². The van der Waals surface area contributed by atoms with Crippen LogP contribution in [0.15, 0.2) is 30.4 Å².